The summed E-state index contributed by atoms with van der Waals surface area (Å²) in [7, 11) is -2.45. The van der Waals surface area contributed by atoms with Crippen molar-refractivity contribution in [1.29, 1.82) is 0 Å². The monoisotopic (exact) mass is 329 g/mol. The maximum absolute atomic E-state index is 9.75. The number of benzene rings is 1. The first-order valence-corrected chi connectivity index (χ1v) is 5.98. The van der Waals surface area contributed by atoms with Gasteiger partial charge in [-0.05, 0) is 6.92 Å². The molecule has 1 amide bonds. The van der Waals surface area contributed by atoms with Crippen LogP contribution in [0.2, 0.25) is 0 Å². The van der Waals surface area contributed by atoms with E-state index in [-0.39, 0.29) is 58.2 Å². The van der Waals surface area contributed by atoms with E-state index in [1.165, 1.54) is 5.56 Å². The molecule has 92 valence electrons. The molecular formula is C11H18NO3RbS. The number of nitrogens with one attached hydrogen (secondary N) is 1. The van der Waals surface area contributed by atoms with Gasteiger partial charge in [-0.25, -0.2) is 0 Å². The number of aryl methyl sites for hydroxylation is 1. The molecule has 6 heteroatoms. The molecule has 0 heterocycles. The quantitative estimate of drug-likeness (QED) is 0.698. The zero-order valence-electron chi connectivity index (χ0n) is 11.0. The number of rotatable bonds is 1. The zero-order chi connectivity index (χ0) is 13.0. The van der Waals surface area contributed by atoms with Crippen LogP contribution in [0, 0.1) is 6.92 Å². The molecule has 0 aliphatic carbocycles. The van der Waals surface area contributed by atoms with Crippen LogP contribution in [-0.4, -0.2) is 5.91 Å². The summed E-state index contributed by atoms with van der Waals surface area (Å²) in [5.74, 6) is -0.576. The van der Waals surface area contributed by atoms with Crippen molar-refractivity contribution < 1.29 is 71.4 Å². The second-order valence-corrected chi connectivity index (χ2v) is 3.22. The molecular weight excluding hydrogens is 312 g/mol. The van der Waals surface area contributed by atoms with Crippen molar-refractivity contribution in [2.45, 2.75) is 27.7 Å². The van der Waals surface area contributed by atoms with Gasteiger partial charge in [0.1, 0.15) is 0 Å². The molecule has 0 saturated carbocycles. The van der Waals surface area contributed by atoms with Gasteiger partial charge in [-0.1, -0.05) is 49.7 Å². The number of amides is 1. The van der Waals surface area contributed by atoms with Crippen molar-refractivity contribution in [3.8, 4) is 0 Å². The first-order valence-electron chi connectivity index (χ1n) is 4.90. The minimum atomic E-state index is -2.45. The molecule has 0 atom stereocenters. The molecule has 0 bridgehead atoms. The van der Waals surface area contributed by atoms with Crippen LogP contribution < -0.4 is 62.9 Å². The van der Waals surface area contributed by atoms with Crippen molar-refractivity contribution in [3.63, 3.8) is 0 Å². The SMILES string of the molecule is CC.CC(=O)N[S-](=O)=O.Cc1ccccc1.[Rb+]. The van der Waals surface area contributed by atoms with Crippen LogP contribution in [0.4, 0.5) is 0 Å². The smallest absolute Gasteiger partial charge is 0.403 e. The second kappa shape index (κ2) is 16.4. The van der Waals surface area contributed by atoms with Crippen LogP contribution in [0.5, 0.6) is 0 Å². The third-order valence-electron chi connectivity index (χ3n) is 1.17. The largest absolute Gasteiger partial charge is 1.00 e. The Morgan fingerprint density at radius 3 is 1.65 bits per heavy atom. The Morgan fingerprint density at radius 2 is 1.53 bits per heavy atom. The molecule has 17 heavy (non-hydrogen) atoms. The molecule has 0 fully saturated rings. The van der Waals surface area contributed by atoms with Gasteiger partial charge in [0.25, 0.3) is 0 Å². The molecule has 1 aromatic rings. The van der Waals surface area contributed by atoms with E-state index in [9.17, 15) is 13.2 Å². The minimum Gasteiger partial charge on any atom is -0.403 e. The molecule has 1 aromatic carbocycles. The van der Waals surface area contributed by atoms with Crippen LogP contribution in [0.1, 0.15) is 26.3 Å². The van der Waals surface area contributed by atoms with Crippen molar-refractivity contribution in [1.82, 2.24) is 4.72 Å². The van der Waals surface area contributed by atoms with Gasteiger partial charge in [0.2, 0.25) is 5.91 Å². The molecule has 0 aliphatic heterocycles. The van der Waals surface area contributed by atoms with Gasteiger partial charge in [0, 0.05) is 17.8 Å². The van der Waals surface area contributed by atoms with E-state index in [0.717, 1.165) is 6.92 Å². The molecule has 0 spiro atoms. The van der Waals surface area contributed by atoms with Crippen molar-refractivity contribution in [2.75, 3.05) is 0 Å². The van der Waals surface area contributed by atoms with E-state index in [0.29, 0.717) is 0 Å². The summed E-state index contributed by atoms with van der Waals surface area (Å²) in [6, 6.07) is 10.3. The summed E-state index contributed by atoms with van der Waals surface area (Å²) in [5.41, 5.74) is 1.32. The molecule has 0 saturated heterocycles. The predicted octanol–water partition coefficient (Wildman–Crippen LogP) is -0.628. The minimum absolute atomic E-state index is 0. The van der Waals surface area contributed by atoms with Gasteiger partial charge in [0.05, 0.1) is 0 Å². The first-order chi connectivity index (χ1) is 7.52. The van der Waals surface area contributed by atoms with Crippen LogP contribution in [0.25, 0.3) is 0 Å². The van der Waals surface area contributed by atoms with E-state index in [4.69, 9.17) is 0 Å². The standard InChI is InChI=1S/C7H8.C2H4NO3S.C2H6.Rb/c1-7-5-3-2-4-6-7;1-2(4)3-7(5)6;1-2;/h2-6H,1H3;1H3,(H,3,4,5,6);1-2H3;/q;-1;;+1. The van der Waals surface area contributed by atoms with Crippen LogP contribution in [-0.2, 0) is 24.1 Å². The average Bonchev–Trinajstić information content (AvgIpc) is 2.20. The summed E-state index contributed by atoms with van der Waals surface area (Å²) in [6.45, 7) is 7.20. The molecule has 4 nitrogen and oxygen atoms in total. The summed E-state index contributed by atoms with van der Waals surface area (Å²) in [5, 5.41) is 0. The molecule has 1 rings (SSSR count). The summed E-state index contributed by atoms with van der Waals surface area (Å²) in [6.07, 6.45) is 0. The van der Waals surface area contributed by atoms with Gasteiger partial charge < -0.3 is 13.1 Å². The predicted molar refractivity (Wildman–Crippen MR) is 65.1 cm³/mol. The first kappa shape index (κ1) is 22.6. The summed E-state index contributed by atoms with van der Waals surface area (Å²) in [4.78, 5) is 9.75. The Balaban J connectivity index is -0.000000191. The van der Waals surface area contributed by atoms with Crippen molar-refractivity contribution in [2.24, 2.45) is 0 Å². The Kier molecular flexibility index (Phi) is 21.9. The molecule has 0 radical (unpaired) electrons. The molecule has 0 aliphatic rings. The summed E-state index contributed by atoms with van der Waals surface area (Å²) >= 11 is 0. The molecule has 1 N–H and O–H groups in total. The maximum atomic E-state index is 9.75. The van der Waals surface area contributed by atoms with Gasteiger partial charge in [-0.15, -0.1) is 0 Å². The fourth-order valence-electron chi connectivity index (χ4n) is 0.652. The Hall–Kier alpha value is 0.445. The van der Waals surface area contributed by atoms with E-state index in [1.54, 1.807) is 4.72 Å². The van der Waals surface area contributed by atoms with E-state index in [1.807, 2.05) is 32.0 Å². The van der Waals surface area contributed by atoms with Gasteiger partial charge in [-0.2, -0.15) is 0 Å². The number of carbonyl (C=O) groups is 1. The van der Waals surface area contributed by atoms with E-state index >= 15 is 0 Å². The third kappa shape index (κ3) is 22.2. The Bertz CT molecular complexity index is 345. The van der Waals surface area contributed by atoms with Crippen molar-refractivity contribution in [3.05, 3.63) is 35.9 Å². The summed E-state index contributed by atoms with van der Waals surface area (Å²) < 4.78 is 20.5. The van der Waals surface area contributed by atoms with Gasteiger partial charge >= 0.3 is 58.2 Å². The average molecular weight is 330 g/mol. The fraction of sp³-hybridized carbons (Fsp3) is 0.364. The van der Waals surface area contributed by atoms with Crippen molar-refractivity contribution >= 4 is 16.8 Å². The van der Waals surface area contributed by atoms with Gasteiger partial charge in [0.15, 0.2) is 0 Å². The fourth-order valence-corrected chi connectivity index (χ4v) is 0.886. The number of hydrogen-bond donors (Lipinski definition) is 1. The normalized spacial score (nSPS) is 7.59. The zero-order valence-corrected chi connectivity index (χ0v) is 16.8. The Labute approximate surface area is 154 Å². The van der Waals surface area contributed by atoms with E-state index in [2.05, 4.69) is 19.1 Å². The maximum Gasteiger partial charge on any atom is 1.00 e. The van der Waals surface area contributed by atoms with Gasteiger partial charge in [-0.3, -0.25) is 4.79 Å². The van der Waals surface area contributed by atoms with Crippen LogP contribution >= 0.6 is 0 Å². The van der Waals surface area contributed by atoms with E-state index < -0.39 is 16.8 Å². The molecule has 0 aromatic heterocycles. The van der Waals surface area contributed by atoms with Crippen LogP contribution in [0.3, 0.4) is 0 Å². The Morgan fingerprint density at radius 1 is 1.12 bits per heavy atom. The number of hydrogen-bond acceptors (Lipinski definition) is 4. The topological polar surface area (TPSA) is 63.2 Å². The second-order valence-electron chi connectivity index (χ2n) is 2.55. The van der Waals surface area contributed by atoms with Crippen LogP contribution in [0.15, 0.2) is 30.3 Å². The molecule has 0 unspecified atom stereocenters. The third-order valence-corrected chi connectivity index (χ3v) is 1.62. The number of carbonyl (C=O) groups excluding carboxylic acids is 1.